The first-order valence-electron chi connectivity index (χ1n) is 12.4. The second-order valence-corrected chi connectivity index (χ2v) is 10.1. The van der Waals surface area contributed by atoms with Gasteiger partial charge in [-0.05, 0) is 68.0 Å². The molecular weight excluding hydrogens is 439 g/mol. The maximum absolute atomic E-state index is 14.5. The maximum Gasteiger partial charge on any atom is 0.166 e. The van der Waals surface area contributed by atoms with Crippen molar-refractivity contribution < 1.29 is 9.13 Å². The summed E-state index contributed by atoms with van der Waals surface area (Å²) in [4.78, 5) is 4.50. The number of aromatic nitrogens is 3. The second-order valence-electron chi connectivity index (χ2n) is 10.1. The summed E-state index contributed by atoms with van der Waals surface area (Å²) >= 11 is 0. The third-order valence-corrected chi connectivity index (χ3v) is 8.12. The van der Waals surface area contributed by atoms with Gasteiger partial charge >= 0.3 is 0 Å². The Balaban J connectivity index is 1.59. The predicted octanol–water partition coefficient (Wildman–Crippen LogP) is 6.37. The number of nitrogens with two attached hydrogens (primary N) is 1. The fourth-order valence-electron chi connectivity index (χ4n) is 6.27. The number of halogens is 1. The Morgan fingerprint density at radius 3 is 2.71 bits per heavy atom. The number of ether oxygens (including phenoxy) is 1. The van der Waals surface area contributed by atoms with Crippen LogP contribution in [0.5, 0.6) is 5.75 Å². The van der Waals surface area contributed by atoms with Crippen LogP contribution in [0.1, 0.15) is 67.5 Å². The average Bonchev–Trinajstić information content (AvgIpc) is 3.44. The summed E-state index contributed by atoms with van der Waals surface area (Å²) in [6.45, 7) is 4.84. The number of nitrogens with zero attached hydrogens (tertiary/aromatic N) is 3. The van der Waals surface area contributed by atoms with Gasteiger partial charge in [0.25, 0.3) is 0 Å². The van der Waals surface area contributed by atoms with E-state index < -0.39 is 6.10 Å². The molecule has 2 aliphatic carbocycles. The molecule has 2 bridgehead atoms. The Morgan fingerprint density at radius 1 is 1.11 bits per heavy atom. The third kappa shape index (κ3) is 2.92. The highest BCUT2D eigenvalue weighted by Gasteiger charge is 2.56. The predicted molar refractivity (Wildman–Crippen MR) is 134 cm³/mol. The van der Waals surface area contributed by atoms with Crippen LogP contribution in [-0.2, 0) is 12.0 Å². The molecule has 176 valence electrons. The van der Waals surface area contributed by atoms with Gasteiger partial charge in [-0.3, -0.25) is 4.68 Å². The summed E-state index contributed by atoms with van der Waals surface area (Å²) in [6, 6.07) is 15.5. The van der Waals surface area contributed by atoms with Gasteiger partial charge in [-0.25, -0.2) is 9.37 Å². The smallest absolute Gasteiger partial charge is 0.166 e. The van der Waals surface area contributed by atoms with Crippen molar-refractivity contribution in [3.05, 3.63) is 82.9 Å². The van der Waals surface area contributed by atoms with Gasteiger partial charge in [-0.2, -0.15) is 5.10 Å². The van der Waals surface area contributed by atoms with Crippen molar-refractivity contribution in [2.75, 3.05) is 5.73 Å². The average molecular weight is 467 g/mol. The lowest BCUT2D eigenvalue weighted by molar-refractivity contribution is 0.228. The quantitative estimate of drug-likeness (QED) is 0.354. The standard InChI is InChI=1S/C29H27FN4O/c1-3-34-26-17-12-24(28(31)32-15-17)35-16(2)22-13-18(30)8-9-21(22)19-6-4-5-7-20(19)23-14-29(10-11-29)27(33-34)25(23)26/h4-9,12-13,15-16,23H,3,10-11,14H2,1-2H3,(H2,31,32)/t16-,23?/m1/s1. The highest BCUT2D eigenvalue weighted by molar-refractivity contribution is 5.77. The summed E-state index contributed by atoms with van der Waals surface area (Å²) in [7, 11) is 0. The third-order valence-electron chi connectivity index (χ3n) is 8.12. The number of aryl methyl sites for hydroxylation is 1. The fourth-order valence-corrected chi connectivity index (χ4v) is 6.27. The van der Waals surface area contributed by atoms with Crippen LogP contribution in [0.15, 0.2) is 54.7 Å². The van der Waals surface area contributed by atoms with Gasteiger partial charge in [-0.1, -0.05) is 30.3 Å². The zero-order valence-corrected chi connectivity index (χ0v) is 19.9. The molecule has 5 nitrogen and oxygen atoms in total. The Bertz CT molecular complexity index is 1500. The molecule has 3 heterocycles. The largest absolute Gasteiger partial charge is 0.482 e. The Labute approximate surface area is 203 Å². The molecule has 2 atom stereocenters. The minimum Gasteiger partial charge on any atom is -0.482 e. The zero-order chi connectivity index (χ0) is 23.9. The van der Waals surface area contributed by atoms with E-state index >= 15 is 0 Å². The minimum absolute atomic E-state index is 0.155. The Morgan fingerprint density at radius 2 is 1.91 bits per heavy atom. The lowest BCUT2D eigenvalue weighted by atomic mass is 9.83. The van der Waals surface area contributed by atoms with Crippen molar-refractivity contribution in [2.45, 2.75) is 57.1 Å². The van der Waals surface area contributed by atoms with Gasteiger partial charge in [0.05, 0.1) is 11.4 Å². The van der Waals surface area contributed by atoms with Crippen LogP contribution in [-0.4, -0.2) is 14.8 Å². The van der Waals surface area contributed by atoms with Gasteiger partial charge in [0.1, 0.15) is 11.9 Å². The molecule has 2 aromatic carbocycles. The molecule has 4 aromatic rings. The highest BCUT2D eigenvalue weighted by Crippen LogP contribution is 2.64. The van der Waals surface area contributed by atoms with E-state index in [2.05, 4.69) is 40.9 Å². The molecule has 1 unspecified atom stereocenters. The van der Waals surface area contributed by atoms with Crippen LogP contribution in [0.4, 0.5) is 10.2 Å². The first kappa shape index (κ1) is 20.7. The van der Waals surface area contributed by atoms with E-state index in [4.69, 9.17) is 15.6 Å². The molecule has 7 rings (SSSR count). The SMILES string of the molecule is CCn1nc2c3c1-c1cnc(N)c(c1)O[C@H](C)c1cc(F)ccc1-c1ccccc1C3CC21CC1. The van der Waals surface area contributed by atoms with Crippen LogP contribution < -0.4 is 10.5 Å². The van der Waals surface area contributed by atoms with Crippen molar-refractivity contribution in [2.24, 2.45) is 0 Å². The summed E-state index contributed by atoms with van der Waals surface area (Å²) in [5.74, 6) is 0.751. The molecule has 0 amide bonds. The second kappa shape index (κ2) is 7.17. The summed E-state index contributed by atoms with van der Waals surface area (Å²) < 4.78 is 23.0. The number of anilines is 1. The lowest BCUT2D eigenvalue weighted by Crippen LogP contribution is -2.12. The molecule has 0 radical (unpaired) electrons. The first-order valence-corrected chi connectivity index (χ1v) is 12.4. The van der Waals surface area contributed by atoms with E-state index in [1.165, 1.54) is 35.7 Å². The molecule has 1 fully saturated rings. The van der Waals surface area contributed by atoms with E-state index in [0.29, 0.717) is 11.6 Å². The molecule has 0 saturated heterocycles. The van der Waals surface area contributed by atoms with E-state index in [0.717, 1.165) is 40.9 Å². The number of rotatable bonds is 1. The zero-order valence-electron chi connectivity index (χ0n) is 19.9. The Kier molecular flexibility index (Phi) is 4.24. The van der Waals surface area contributed by atoms with Crippen LogP contribution in [0, 0.1) is 5.82 Å². The summed E-state index contributed by atoms with van der Waals surface area (Å²) in [5, 5.41) is 5.16. The van der Waals surface area contributed by atoms with Gasteiger partial charge in [0, 0.05) is 40.8 Å². The van der Waals surface area contributed by atoms with Gasteiger partial charge in [-0.15, -0.1) is 0 Å². The van der Waals surface area contributed by atoms with Crippen LogP contribution in [0.2, 0.25) is 0 Å². The number of benzene rings is 2. The molecule has 2 N–H and O–H groups in total. The molecule has 1 spiro atoms. The van der Waals surface area contributed by atoms with Crippen molar-refractivity contribution in [3.63, 3.8) is 0 Å². The molecule has 35 heavy (non-hydrogen) atoms. The monoisotopic (exact) mass is 466 g/mol. The van der Waals surface area contributed by atoms with E-state index in [1.54, 1.807) is 6.07 Å². The normalized spacial score (nSPS) is 20.8. The van der Waals surface area contributed by atoms with Crippen LogP contribution in [0.25, 0.3) is 22.4 Å². The number of pyridine rings is 1. The van der Waals surface area contributed by atoms with E-state index in [1.807, 2.05) is 25.3 Å². The van der Waals surface area contributed by atoms with E-state index in [-0.39, 0.29) is 17.2 Å². The molecule has 3 aliphatic rings. The van der Waals surface area contributed by atoms with Crippen molar-refractivity contribution in [3.8, 4) is 28.1 Å². The topological polar surface area (TPSA) is 66.0 Å². The van der Waals surface area contributed by atoms with Crippen molar-refractivity contribution in [1.29, 1.82) is 0 Å². The molecule has 2 aromatic heterocycles. The molecule has 6 heteroatoms. The summed E-state index contributed by atoms with van der Waals surface area (Å²) in [5.41, 5.74) is 15.2. The van der Waals surface area contributed by atoms with Gasteiger partial charge < -0.3 is 10.5 Å². The molecule has 1 saturated carbocycles. The first-order chi connectivity index (χ1) is 17.0. The van der Waals surface area contributed by atoms with Crippen molar-refractivity contribution >= 4 is 5.82 Å². The summed E-state index contributed by atoms with van der Waals surface area (Å²) in [6.07, 6.45) is 4.81. The molecular formula is C29H27FN4O. The van der Waals surface area contributed by atoms with Crippen LogP contribution >= 0.6 is 0 Å². The van der Waals surface area contributed by atoms with Crippen LogP contribution in [0.3, 0.4) is 0 Å². The number of nitrogen functional groups attached to an aromatic ring is 1. The van der Waals surface area contributed by atoms with E-state index in [9.17, 15) is 4.39 Å². The number of hydrogen-bond acceptors (Lipinski definition) is 4. The number of hydrogen-bond donors (Lipinski definition) is 1. The Hall–Kier alpha value is -3.67. The minimum atomic E-state index is -0.419. The van der Waals surface area contributed by atoms with Gasteiger partial charge in [0.2, 0.25) is 0 Å². The fraction of sp³-hybridized carbons (Fsp3) is 0.310. The van der Waals surface area contributed by atoms with Crippen molar-refractivity contribution in [1.82, 2.24) is 14.8 Å². The molecule has 1 aliphatic heterocycles. The number of fused-ring (bicyclic) bond motifs is 8. The van der Waals surface area contributed by atoms with Gasteiger partial charge in [0.15, 0.2) is 11.6 Å². The highest BCUT2D eigenvalue weighted by atomic mass is 19.1. The maximum atomic E-state index is 14.5. The lowest BCUT2D eigenvalue weighted by Gasteiger charge is -2.25.